The summed E-state index contributed by atoms with van der Waals surface area (Å²) < 4.78 is 13.6. The smallest absolute Gasteiger partial charge is 0.254 e. The van der Waals surface area contributed by atoms with Crippen molar-refractivity contribution >= 4 is 46.4 Å². The van der Waals surface area contributed by atoms with Crippen molar-refractivity contribution in [1.82, 2.24) is 9.80 Å². The van der Waals surface area contributed by atoms with Gasteiger partial charge in [0, 0.05) is 33.6 Å². The molecule has 32 heavy (non-hydrogen) atoms. The fourth-order valence-corrected chi connectivity index (χ4v) is 5.44. The summed E-state index contributed by atoms with van der Waals surface area (Å²) in [5.74, 6) is -1.06. The minimum Gasteiger partial charge on any atom is -0.330 e. The Morgan fingerprint density at radius 2 is 1.97 bits per heavy atom. The summed E-state index contributed by atoms with van der Waals surface area (Å²) >= 11 is 14.3. The number of likely N-dealkylation sites (N-methyl/N-ethyl adjacent to an activating group) is 1. The molecule has 2 aromatic carbocycles. The summed E-state index contributed by atoms with van der Waals surface area (Å²) in [6, 6.07) is 12.4. The van der Waals surface area contributed by atoms with Crippen molar-refractivity contribution in [2.45, 2.75) is 19.4 Å². The van der Waals surface area contributed by atoms with Crippen molar-refractivity contribution in [1.29, 1.82) is 0 Å². The molecule has 3 aromatic rings. The number of fused-ring (bicyclic) bond motifs is 1. The van der Waals surface area contributed by atoms with Crippen LogP contribution in [0.25, 0.3) is 0 Å². The van der Waals surface area contributed by atoms with Gasteiger partial charge < -0.3 is 9.80 Å². The normalized spacial score (nSPS) is 15.4. The zero-order chi connectivity index (χ0) is 22.8. The highest BCUT2D eigenvalue weighted by Gasteiger charge is 2.35. The van der Waals surface area contributed by atoms with Crippen molar-refractivity contribution in [2.75, 3.05) is 19.6 Å². The number of benzene rings is 2. The van der Waals surface area contributed by atoms with Gasteiger partial charge in [0.1, 0.15) is 12.4 Å². The monoisotopic (exact) mass is 490 g/mol. The molecule has 4 rings (SSSR count). The molecule has 1 aliphatic rings. The van der Waals surface area contributed by atoms with E-state index in [2.05, 4.69) is 0 Å². The summed E-state index contributed by atoms with van der Waals surface area (Å²) in [7, 11) is 0. The predicted octanol–water partition coefficient (Wildman–Crippen LogP) is 5.83. The van der Waals surface area contributed by atoms with Crippen LogP contribution in [-0.4, -0.2) is 41.2 Å². The summed E-state index contributed by atoms with van der Waals surface area (Å²) in [6.07, 6.45) is 0.740. The third-order valence-electron chi connectivity index (χ3n) is 5.61. The van der Waals surface area contributed by atoms with E-state index in [9.17, 15) is 14.0 Å². The summed E-state index contributed by atoms with van der Waals surface area (Å²) in [6.45, 7) is 2.53. The molecule has 1 unspecified atom stereocenters. The van der Waals surface area contributed by atoms with Crippen molar-refractivity contribution in [3.63, 3.8) is 0 Å². The van der Waals surface area contributed by atoms with Crippen LogP contribution >= 0.6 is 34.5 Å². The number of amides is 2. The maximum absolute atomic E-state index is 13.6. The number of halogens is 3. The Kier molecular flexibility index (Phi) is 6.84. The highest BCUT2D eigenvalue weighted by Crippen LogP contribution is 2.41. The molecule has 0 spiro atoms. The van der Waals surface area contributed by atoms with Crippen molar-refractivity contribution < 1.29 is 14.0 Å². The van der Waals surface area contributed by atoms with E-state index >= 15 is 0 Å². The standard InChI is InChI=1S/C24H21Cl2FN2O2S/c1-2-28(24(31)15-4-3-5-17(27)12-15)14-22(30)29-10-8-21-19(9-11-32-21)23(29)18-7-6-16(25)13-20(18)26/h3-7,9,11-13,23H,2,8,10,14H2,1H3. The topological polar surface area (TPSA) is 40.6 Å². The second kappa shape index (κ2) is 9.61. The average molecular weight is 491 g/mol. The highest BCUT2D eigenvalue weighted by atomic mass is 35.5. The first kappa shape index (κ1) is 22.8. The minimum atomic E-state index is -0.489. The quantitative estimate of drug-likeness (QED) is 0.451. The molecule has 2 amide bonds. The van der Waals surface area contributed by atoms with Gasteiger partial charge in [0.15, 0.2) is 0 Å². The fraction of sp³-hybridized carbons (Fsp3) is 0.250. The number of rotatable bonds is 5. The molecule has 0 N–H and O–H groups in total. The number of hydrogen-bond donors (Lipinski definition) is 0. The third-order valence-corrected chi connectivity index (χ3v) is 7.17. The molecule has 4 nitrogen and oxygen atoms in total. The van der Waals surface area contributed by atoms with Gasteiger partial charge in [-0.15, -0.1) is 11.3 Å². The fourth-order valence-electron chi connectivity index (χ4n) is 4.03. The Balaban J connectivity index is 1.63. The largest absolute Gasteiger partial charge is 0.330 e. The van der Waals surface area contributed by atoms with Crippen LogP contribution in [0.3, 0.4) is 0 Å². The van der Waals surface area contributed by atoms with E-state index in [0.717, 1.165) is 17.5 Å². The Bertz CT molecular complexity index is 1170. The van der Waals surface area contributed by atoms with Crippen LogP contribution in [-0.2, 0) is 11.2 Å². The minimum absolute atomic E-state index is 0.104. The SMILES string of the molecule is CCN(CC(=O)N1CCc2sccc2C1c1ccc(Cl)cc1Cl)C(=O)c1cccc(F)c1. The van der Waals surface area contributed by atoms with Gasteiger partial charge in [0.25, 0.3) is 5.91 Å². The lowest BCUT2D eigenvalue weighted by molar-refractivity contribution is -0.134. The molecule has 1 aliphatic heterocycles. The van der Waals surface area contributed by atoms with E-state index in [4.69, 9.17) is 23.2 Å². The van der Waals surface area contributed by atoms with Crippen LogP contribution in [0, 0.1) is 5.82 Å². The van der Waals surface area contributed by atoms with E-state index < -0.39 is 5.82 Å². The first-order chi connectivity index (χ1) is 15.4. The van der Waals surface area contributed by atoms with E-state index in [1.165, 1.54) is 28.0 Å². The molecule has 0 aliphatic carbocycles. The zero-order valence-corrected chi connectivity index (χ0v) is 19.7. The van der Waals surface area contributed by atoms with Crippen molar-refractivity contribution in [3.8, 4) is 0 Å². The predicted molar refractivity (Wildman–Crippen MR) is 126 cm³/mol. The molecule has 1 atom stereocenters. The van der Waals surface area contributed by atoms with Crippen LogP contribution < -0.4 is 0 Å². The van der Waals surface area contributed by atoms with Gasteiger partial charge in [-0.05, 0) is 66.2 Å². The van der Waals surface area contributed by atoms with Gasteiger partial charge >= 0.3 is 0 Å². The lowest BCUT2D eigenvalue weighted by atomic mass is 9.93. The first-order valence-electron chi connectivity index (χ1n) is 10.2. The van der Waals surface area contributed by atoms with Crippen molar-refractivity contribution in [3.05, 3.63) is 91.3 Å². The van der Waals surface area contributed by atoms with E-state index in [1.807, 2.05) is 17.5 Å². The molecule has 0 radical (unpaired) electrons. The zero-order valence-electron chi connectivity index (χ0n) is 17.4. The Morgan fingerprint density at radius 3 is 2.69 bits per heavy atom. The molecular formula is C24H21Cl2FN2O2S. The number of carbonyl (C=O) groups is 2. The van der Waals surface area contributed by atoms with Crippen LogP contribution in [0.4, 0.5) is 4.39 Å². The lowest BCUT2D eigenvalue weighted by Gasteiger charge is -2.38. The lowest BCUT2D eigenvalue weighted by Crippen LogP contribution is -2.46. The molecular weight excluding hydrogens is 470 g/mol. The maximum atomic E-state index is 13.6. The third kappa shape index (κ3) is 4.53. The molecule has 8 heteroatoms. The highest BCUT2D eigenvalue weighted by molar-refractivity contribution is 7.10. The first-order valence-corrected chi connectivity index (χ1v) is 11.9. The van der Waals surface area contributed by atoms with Gasteiger partial charge in [0.2, 0.25) is 5.91 Å². The number of thiophene rings is 1. The molecule has 0 bridgehead atoms. The Morgan fingerprint density at radius 1 is 1.16 bits per heavy atom. The van der Waals surface area contributed by atoms with Crippen LogP contribution in [0.5, 0.6) is 0 Å². The molecule has 0 saturated heterocycles. The summed E-state index contributed by atoms with van der Waals surface area (Å²) in [4.78, 5) is 30.8. The number of hydrogen-bond acceptors (Lipinski definition) is 3. The van der Waals surface area contributed by atoms with E-state index in [-0.39, 0.29) is 30.0 Å². The molecule has 1 aromatic heterocycles. The summed E-state index contributed by atoms with van der Waals surface area (Å²) in [5.41, 5.74) is 2.05. The van der Waals surface area contributed by atoms with Gasteiger partial charge in [0.05, 0.1) is 6.04 Å². The second-order valence-corrected chi connectivity index (χ2v) is 9.38. The molecule has 0 saturated carbocycles. The van der Waals surface area contributed by atoms with E-state index in [0.29, 0.717) is 23.1 Å². The molecule has 0 fully saturated rings. The average Bonchev–Trinajstić information content (AvgIpc) is 3.25. The van der Waals surface area contributed by atoms with E-state index in [1.54, 1.807) is 41.4 Å². The van der Waals surface area contributed by atoms with Crippen LogP contribution in [0.1, 0.15) is 39.3 Å². The van der Waals surface area contributed by atoms with Crippen LogP contribution in [0.15, 0.2) is 53.9 Å². The number of carbonyl (C=O) groups excluding carboxylic acids is 2. The maximum Gasteiger partial charge on any atom is 0.254 e. The Labute approximate surface area is 200 Å². The van der Waals surface area contributed by atoms with Gasteiger partial charge in [-0.3, -0.25) is 9.59 Å². The van der Waals surface area contributed by atoms with Crippen molar-refractivity contribution in [2.24, 2.45) is 0 Å². The van der Waals surface area contributed by atoms with Gasteiger partial charge in [-0.2, -0.15) is 0 Å². The molecule has 166 valence electrons. The number of nitrogens with zero attached hydrogens (tertiary/aromatic N) is 2. The van der Waals surface area contributed by atoms with Gasteiger partial charge in [-0.1, -0.05) is 35.3 Å². The molecule has 2 heterocycles. The Hall–Kier alpha value is -2.41. The van der Waals surface area contributed by atoms with Crippen LogP contribution in [0.2, 0.25) is 10.0 Å². The summed E-state index contributed by atoms with van der Waals surface area (Å²) in [5, 5.41) is 3.03. The van der Waals surface area contributed by atoms with Gasteiger partial charge in [-0.25, -0.2) is 4.39 Å². The second-order valence-electron chi connectivity index (χ2n) is 7.53.